The maximum absolute atomic E-state index is 11.5. The Hall–Kier alpha value is -0.870. The van der Waals surface area contributed by atoms with Gasteiger partial charge in [-0.15, -0.1) is 0 Å². The number of hydrogen-bond donors (Lipinski definition) is 1. The first-order chi connectivity index (χ1) is 7.95. The van der Waals surface area contributed by atoms with E-state index < -0.39 is 15.4 Å². The van der Waals surface area contributed by atoms with E-state index in [1.807, 2.05) is 24.3 Å². The lowest BCUT2D eigenvalue weighted by Crippen LogP contribution is -2.27. The van der Waals surface area contributed by atoms with Crippen molar-refractivity contribution < 1.29 is 13.5 Å². The van der Waals surface area contributed by atoms with Gasteiger partial charge in [0.2, 0.25) is 0 Å². The molecular formula is C13H18O3S. The van der Waals surface area contributed by atoms with Gasteiger partial charge in [-0.3, -0.25) is 0 Å². The zero-order valence-electron chi connectivity index (χ0n) is 10.0. The molecule has 1 atom stereocenters. The minimum Gasteiger partial charge on any atom is -0.384 e. The van der Waals surface area contributed by atoms with Gasteiger partial charge in [-0.25, -0.2) is 8.42 Å². The smallest absolute Gasteiger partial charge is 0.153 e. The molecular weight excluding hydrogens is 236 g/mol. The highest BCUT2D eigenvalue weighted by molar-refractivity contribution is 7.91. The fraction of sp³-hybridized carbons (Fsp3) is 0.538. The zero-order chi connectivity index (χ0) is 12.5. The van der Waals surface area contributed by atoms with Gasteiger partial charge in [0.15, 0.2) is 9.84 Å². The third-order valence-electron chi connectivity index (χ3n) is 3.29. The molecule has 0 bridgehead atoms. The van der Waals surface area contributed by atoms with Crippen molar-refractivity contribution >= 4 is 9.84 Å². The van der Waals surface area contributed by atoms with Crippen molar-refractivity contribution in [1.82, 2.24) is 0 Å². The van der Waals surface area contributed by atoms with Crippen LogP contribution in [0.5, 0.6) is 0 Å². The Kier molecular flexibility index (Phi) is 3.27. The Morgan fingerprint density at radius 3 is 2.76 bits per heavy atom. The van der Waals surface area contributed by atoms with Gasteiger partial charge in [0.1, 0.15) is 5.60 Å². The van der Waals surface area contributed by atoms with E-state index in [1.165, 1.54) is 0 Å². The summed E-state index contributed by atoms with van der Waals surface area (Å²) in [5, 5.41) is 10.4. The van der Waals surface area contributed by atoms with Crippen LogP contribution in [0.4, 0.5) is 0 Å². The van der Waals surface area contributed by atoms with Crippen molar-refractivity contribution in [1.29, 1.82) is 0 Å². The van der Waals surface area contributed by atoms with Gasteiger partial charge in [-0.1, -0.05) is 37.6 Å². The van der Waals surface area contributed by atoms with Crippen LogP contribution < -0.4 is 0 Å². The first-order valence-corrected chi connectivity index (χ1v) is 7.79. The molecule has 1 aliphatic rings. The summed E-state index contributed by atoms with van der Waals surface area (Å²) in [6, 6.07) is 7.66. The summed E-state index contributed by atoms with van der Waals surface area (Å²) in [5.41, 5.74) is 0.718. The Labute approximate surface area is 102 Å². The summed E-state index contributed by atoms with van der Waals surface area (Å²) in [6.07, 6.45) is 2.31. The van der Waals surface area contributed by atoms with E-state index in [4.69, 9.17) is 0 Å². The fourth-order valence-corrected chi connectivity index (χ4v) is 4.20. The van der Waals surface area contributed by atoms with Crippen LogP contribution in [-0.4, -0.2) is 25.0 Å². The van der Waals surface area contributed by atoms with Crippen LogP contribution >= 0.6 is 0 Å². The predicted octanol–water partition coefficient (Wildman–Crippen LogP) is 1.65. The topological polar surface area (TPSA) is 54.4 Å². The highest BCUT2D eigenvalue weighted by Crippen LogP contribution is 2.33. The Bertz CT molecular complexity index is 507. The Balaban J connectivity index is 2.31. The van der Waals surface area contributed by atoms with Crippen LogP contribution in [0.25, 0.3) is 0 Å². The number of aryl methyl sites for hydroxylation is 1. The van der Waals surface area contributed by atoms with E-state index in [1.54, 1.807) is 0 Å². The molecule has 2 rings (SSSR count). The number of rotatable bonds is 3. The molecule has 1 aliphatic heterocycles. The minimum atomic E-state index is -3.08. The molecule has 1 N–H and O–H groups in total. The number of hydrogen-bond acceptors (Lipinski definition) is 3. The predicted molar refractivity (Wildman–Crippen MR) is 67.6 cm³/mol. The molecule has 0 spiro atoms. The van der Waals surface area contributed by atoms with E-state index in [0.717, 1.165) is 24.0 Å². The normalized spacial score (nSPS) is 27.2. The van der Waals surface area contributed by atoms with Gasteiger partial charge in [0.25, 0.3) is 0 Å². The van der Waals surface area contributed by atoms with E-state index in [9.17, 15) is 13.5 Å². The fourth-order valence-electron chi connectivity index (χ4n) is 2.37. The van der Waals surface area contributed by atoms with Gasteiger partial charge in [-0.2, -0.15) is 0 Å². The number of sulfone groups is 1. The Morgan fingerprint density at radius 1 is 1.41 bits per heavy atom. The van der Waals surface area contributed by atoms with Gasteiger partial charge < -0.3 is 5.11 Å². The molecule has 1 fully saturated rings. The second-order valence-electron chi connectivity index (χ2n) is 4.82. The Morgan fingerprint density at radius 2 is 2.18 bits per heavy atom. The maximum Gasteiger partial charge on any atom is 0.153 e. The van der Waals surface area contributed by atoms with Crippen molar-refractivity contribution in [3.05, 3.63) is 35.4 Å². The summed E-state index contributed by atoms with van der Waals surface area (Å²) in [5.74, 6) is -0.0584. The summed E-state index contributed by atoms with van der Waals surface area (Å²) in [4.78, 5) is 0. The van der Waals surface area contributed by atoms with Crippen LogP contribution in [-0.2, 0) is 21.9 Å². The quantitative estimate of drug-likeness (QED) is 0.892. The van der Waals surface area contributed by atoms with Crippen LogP contribution in [0.1, 0.15) is 30.9 Å². The second kappa shape index (κ2) is 4.42. The lowest BCUT2D eigenvalue weighted by molar-refractivity contribution is 0.0652. The summed E-state index contributed by atoms with van der Waals surface area (Å²) < 4.78 is 22.9. The van der Waals surface area contributed by atoms with Crippen molar-refractivity contribution in [3.8, 4) is 0 Å². The van der Waals surface area contributed by atoms with Gasteiger partial charge in [0, 0.05) is 0 Å². The SMILES string of the molecule is CCCc1cccc(C2(O)CCS(=O)(=O)C2)c1. The van der Waals surface area contributed by atoms with Gasteiger partial charge in [0.05, 0.1) is 11.5 Å². The first kappa shape index (κ1) is 12.6. The molecule has 0 aliphatic carbocycles. The van der Waals surface area contributed by atoms with Gasteiger partial charge in [-0.05, 0) is 24.0 Å². The van der Waals surface area contributed by atoms with E-state index >= 15 is 0 Å². The van der Waals surface area contributed by atoms with Gasteiger partial charge >= 0.3 is 0 Å². The average Bonchev–Trinajstić information content (AvgIpc) is 2.55. The highest BCUT2D eigenvalue weighted by Gasteiger charge is 2.41. The minimum absolute atomic E-state index is 0.0848. The summed E-state index contributed by atoms with van der Waals surface area (Å²) in [6.45, 7) is 2.10. The lowest BCUT2D eigenvalue weighted by Gasteiger charge is -2.21. The second-order valence-corrected chi connectivity index (χ2v) is 7.01. The van der Waals surface area contributed by atoms with Crippen LogP contribution in [0, 0.1) is 0 Å². The van der Waals surface area contributed by atoms with Crippen LogP contribution in [0.3, 0.4) is 0 Å². The van der Waals surface area contributed by atoms with E-state index in [2.05, 4.69) is 6.92 Å². The summed E-state index contributed by atoms with van der Waals surface area (Å²) >= 11 is 0. The molecule has 1 unspecified atom stereocenters. The van der Waals surface area contributed by atoms with Crippen LogP contribution in [0.15, 0.2) is 24.3 Å². The lowest BCUT2D eigenvalue weighted by atomic mass is 9.91. The van der Waals surface area contributed by atoms with E-state index in [0.29, 0.717) is 6.42 Å². The molecule has 0 aromatic heterocycles. The molecule has 3 nitrogen and oxygen atoms in total. The molecule has 0 radical (unpaired) electrons. The largest absolute Gasteiger partial charge is 0.384 e. The molecule has 1 heterocycles. The molecule has 4 heteroatoms. The highest BCUT2D eigenvalue weighted by atomic mass is 32.2. The number of benzene rings is 1. The third-order valence-corrected chi connectivity index (χ3v) is 5.03. The summed E-state index contributed by atoms with van der Waals surface area (Å²) in [7, 11) is -3.08. The molecule has 1 saturated heterocycles. The maximum atomic E-state index is 11.5. The van der Waals surface area contributed by atoms with Crippen molar-refractivity contribution in [2.45, 2.75) is 31.8 Å². The standard InChI is InChI=1S/C13H18O3S/c1-2-4-11-5-3-6-12(9-11)13(14)7-8-17(15,16)10-13/h3,5-6,9,14H,2,4,7-8,10H2,1H3. The molecule has 0 amide bonds. The monoisotopic (exact) mass is 254 g/mol. The number of aliphatic hydroxyl groups is 1. The van der Waals surface area contributed by atoms with Crippen molar-refractivity contribution in [2.24, 2.45) is 0 Å². The van der Waals surface area contributed by atoms with E-state index in [-0.39, 0.29) is 11.5 Å². The molecule has 1 aromatic rings. The molecule has 1 aromatic carbocycles. The van der Waals surface area contributed by atoms with Crippen molar-refractivity contribution in [2.75, 3.05) is 11.5 Å². The molecule has 17 heavy (non-hydrogen) atoms. The average molecular weight is 254 g/mol. The molecule has 0 saturated carbocycles. The van der Waals surface area contributed by atoms with Crippen LogP contribution in [0.2, 0.25) is 0 Å². The first-order valence-electron chi connectivity index (χ1n) is 5.97. The third kappa shape index (κ3) is 2.69. The van der Waals surface area contributed by atoms with Crippen molar-refractivity contribution in [3.63, 3.8) is 0 Å². The zero-order valence-corrected chi connectivity index (χ0v) is 10.8. The molecule has 94 valence electrons.